The Morgan fingerprint density at radius 2 is 2.29 bits per heavy atom. The topological polar surface area (TPSA) is 57.7 Å². The Hall–Kier alpha value is -1.36. The Kier molecular flexibility index (Phi) is 2.63. The van der Waals surface area contributed by atoms with E-state index in [9.17, 15) is 0 Å². The molecule has 2 aromatic heterocycles. The third kappa shape index (κ3) is 2.07. The molecule has 0 bridgehead atoms. The Labute approximate surface area is 104 Å². The molecule has 5 nitrogen and oxygen atoms in total. The third-order valence-corrected chi connectivity index (χ3v) is 3.29. The molecule has 3 rings (SSSR count). The van der Waals surface area contributed by atoms with E-state index in [1.54, 1.807) is 6.20 Å². The molecule has 90 valence electrons. The van der Waals surface area contributed by atoms with E-state index in [-0.39, 0.29) is 5.28 Å². The molecule has 0 atom stereocenters. The number of H-pyrrole nitrogens is 1. The summed E-state index contributed by atoms with van der Waals surface area (Å²) < 4.78 is 0. The highest BCUT2D eigenvalue weighted by molar-refractivity contribution is 6.28. The van der Waals surface area contributed by atoms with Crippen molar-refractivity contribution >= 4 is 28.5 Å². The molecular weight excluding hydrogens is 238 g/mol. The van der Waals surface area contributed by atoms with Crippen LogP contribution in [0.15, 0.2) is 6.20 Å². The van der Waals surface area contributed by atoms with Crippen molar-refractivity contribution < 1.29 is 0 Å². The highest BCUT2D eigenvalue weighted by Gasteiger charge is 2.25. The molecule has 1 saturated carbocycles. The van der Waals surface area contributed by atoms with E-state index in [0.29, 0.717) is 5.65 Å². The number of aromatic amines is 1. The predicted molar refractivity (Wildman–Crippen MR) is 67.3 cm³/mol. The summed E-state index contributed by atoms with van der Waals surface area (Å²) in [5.74, 6) is 1.70. The van der Waals surface area contributed by atoms with Gasteiger partial charge in [-0.2, -0.15) is 15.1 Å². The number of fused-ring (bicyclic) bond motifs is 1. The minimum atomic E-state index is 0.269. The molecule has 0 unspecified atom stereocenters. The van der Waals surface area contributed by atoms with Crippen molar-refractivity contribution in [1.82, 2.24) is 20.2 Å². The Morgan fingerprint density at radius 3 is 3.00 bits per heavy atom. The largest absolute Gasteiger partial charge is 0.356 e. The van der Waals surface area contributed by atoms with E-state index in [4.69, 9.17) is 11.6 Å². The molecular formula is C11H14ClN5. The fraction of sp³-hybridized carbons (Fsp3) is 0.545. The van der Waals surface area contributed by atoms with E-state index in [0.717, 1.165) is 30.2 Å². The van der Waals surface area contributed by atoms with Gasteiger partial charge in [0, 0.05) is 13.1 Å². The van der Waals surface area contributed by atoms with Gasteiger partial charge in [-0.3, -0.25) is 5.10 Å². The third-order valence-electron chi connectivity index (χ3n) is 3.12. The Balaban J connectivity index is 2.03. The lowest BCUT2D eigenvalue weighted by molar-refractivity contribution is 0.734. The fourth-order valence-corrected chi connectivity index (χ4v) is 2.18. The van der Waals surface area contributed by atoms with Gasteiger partial charge in [0.05, 0.1) is 11.6 Å². The molecule has 6 heteroatoms. The molecule has 1 N–H and O–H groups in total. The zero-order valence-corrected chi connectivity index (χ0v) is 10.4. The fourth-order valence-electron chi connectivity index (χ4n) is 2.01. The van der Waals surface area contributed by atoms with Crippen LogP contribution in [0.5, 0.6) is 0 Å². The summed E-state index contributed by atoms with van der Waals surface area (Å²) in [6.45, 7) is 4.10. The van der Waals surface area contributed by atoms with Crippen molar-refractivity contribution in [2.75, 3.05) is 18.0 Å². The normalized spacial score (nSPS) is 15.4. The van der Waals surface area contributed by atoms with Crippen LogP contribution >= 0.6 is 11.6 Å². The quantitative estimate of drug-likeness (QED) is 0.847. The zero-order valence-electron chi connectivity index (χ0n) is 9.65. The van der Waals surface area contributed by atoms with Gasteiger partial charge in [-0.05, 0) is 37.3 Å². The molecule has 2 aromatic rings. The van der Waals surface area contributed by atoms with Crippen LogP contribution in [-0.4, -0.2) is 33.3 Å². The van der Waals surface area contributed by atoms with Gasteiger partial charge in [0.25, 0.3) is 0 Å². The second kappa shape index (κ2) is 4.14. The second-order valence-corrected chi connectivity index (χ2v) is 4.77. The van der Waals surface area contributed by atoms with Gasteiger partial charge in [-0.15, -0.1) is 0 Å². The lowest BCUT2D eigenvalue weighted by Crippen LogP contribution is -2.26. The van der Waals surface area contributed by atoms with E-state index < -0.39 is 0 Å². The summed E-state index contributed by atoms with van der Waals surface area (Å²) in [5, 5.41) is 8.05. The summed E-state index contributed by atoms with van der Waals surface area (Å²) in [6.07, 6.45) is 4.41. The maximum Gasteiger partial charge on any atom is 0.226 e. The summed E-state index contributed by atoms with van der Waals surface area (Å²) in [6, 6.07) is 0. The number of nitrogens with zero attached hydrogens (tertiary/aromatic N) is 4. The lowest BCUT2D eigenvalue weighted by atomic mass is 10.3. The minimum Gasteiger partial charge on any atom is -0.356 e. The molecule has 0 amide bonds. The minimum absolute atomic E-state index is 0.269. The molecule has 0 aliphatic heterocycles. The van der Waals surface area contributed by atoms with Crippen molar-refractivity contribution in [2.24, 2.45) is 5.92 Å². The average Bonchev–Trinajstić information content (AvgIpc) is 3.01. The number of nitrogens with one attached hydrogen (secondary N) is 1. The molecule has 2 heterocycles. The summed E-state index contributed by atoms with van der Waals surface area (Å²) in [5.41, 5.74) is 0.703. The first-order valence-corrected chi connectivity index (χ1v) is 6.27. The maximum absolute atomic E-state index is 5.94. The summed E-state index contributed by atoms with van der Waals surface area (Å²) in [4.78, 5) is 10.7. The predicted octanol–water partition coefficient (Wildman–Crippen LogP) is 2.24. The van der Waals surface area contributed by atoms with Crippen LogP contribution in [0.2, 0.25) is 5.28 Å². The molecule has 0 radical (unpaired) electrons. The van der Waals surface area contributed by atoms with Gasteiger partial charge < -0.3 is 4.90 Å². The summed E-state index contributed by atoms with van der Waals surface area (Å²) >= 11 is 5.94. The summed E-state index contributed by atoms with van der Waals surface area (Å²) in [7, 11) is 0. The first-order chi connectivity index (χ1) is 8.28. The van der Waals surface area contributed by atoms with Crippen LogP contribution in [0.4, 0.5) is 5.82 Å². The number of halogens is 1. The van der Waals surface area contributed by atoms with Crippen LogP contribution in [0.25, 0.3) is 11.0 Å². The van der Waals surface area contributed by atoms with Gasteiger partial charge in [0.15, 0.2) is 5.65 Å². The Bertz CT molecular complexity index is 534. The van der Waals surface area contributed by atoms with Crippen molar-refractivity contribution in [1.29, 1.82) is 0 Å². The van der Waals surface area contributed by atoms with E-state index in [2.05, 4.69) is 32.0 Å². The van der Waals surface area contributed by atoms with Gasteiger partial charge in [0.2, 0.25) is 5.28 Å². The molecule has 17 heavy (non-hydrogen) atoms. The maximum atomic E-state index is 5.94. The van der Waals surface area contributed by atoms with Crippen LogP contribution in [0, 0.1) is 5.92 Å². The number of anilines is 1. The van der Waals surface area contributed by atoms with Crippen molar-refractivity contribution in [3.05, 3.63) is 11.5 Å². The standard InChI is InChI=1S/C11H14ClN5/c1-2-17(6-7-3-4-7)10-8-5-13-16-9(8)14-11(12)15-10/h5,7H,2-4,6H2,1H3,(H,13,14,15,16). The molecule has 1 fully saturated rings. The van der Waals surface area contributed by atoms with Crippen molar-refractivity contribution in [3.63, 3.8) is 0 Å². The smallest absolute Gasteiger partial charge is 0.226 e. The lowest BCUT2D eigenvalue weighted by Gasteiger charge is -2.22. The molecule has 0 saturated heterocycles. The average molecular weight is 252 g/mol. The molecule has 0 aromatic carbocycles. The van der Waals surface area contributed by atoms with Crippen molar-refractivity contribution in [2.45, 2.75) is 19.8 Å². The van der Waals surface area contributed by atoms with Crippen LogP contribution in [0.3, 0.4) is 0 Å². The van der Waals surface area contributed by atoms with Gasteiger partial charge in [0.1, 0.15) is 5.82 Å². The highest BCUT2D eigenvalue weighted by Crippen LogP contribution is 2.32. The van der Waals surface area contributed by atoms with Crippen LogP contribution in [0.1, 0.15) is 19.8 Å². The number of hydrogen-bond acceptors (Lipinski definition) is 4. The number of hydrogen-bond donors (Lipinski definition) is 1. The number of aromatic nitrogens is 4. The second-order valence-electron chi connectivity index (χ2n) is 4.43. The highest BCUT2D eigenvalue weighted by atomic mass is 35.5. The van der Waals surface area contributed by atoms with E-state index in [1.165, 1.54) is 12.8 Å². The first kappa shape index (κ1) is 10.8. The van der Waals surface area contributed by atoms with Gasteiger partial charge >= 0.3 is 0 Å². The van der Waals surface area contributed by atoms with Gasteiger partial charge in [-0.1, -0.05) is 0 Å². The zero-order chi connectivity index (χ0) is 11.8. The molecule has 0 spiro atoms. The monoisotopic (exact) mass is 251 g/mol. The van der Waals surface area contributed by atoms with Gasteiger partial charge in [-0.25, -0.2) is 0 Å². The van der Waals surface area contributed by atoms with Crippen molar-refractivity contribution in [3.8, 4) is 0 Å². The molecule has 1 aliphatic rings. The number of rotatable bonds is 4. The SMILES string of the molecule is CCN(CC1CC1)c1nc(Cl)nc2[nH]ncc12. The van der Waals surface area contributed by atoms with Crippen LogP contribution in [-0.2, 0) is 0 Å². The first-order valence-electron chi connectivity index (χ1n) is 5.89. The Morgan fingerprint density at radius 1 is 1.47 bits per heavy atom. The molecule has 1 aliphatic carbocycles. The van der Waals surface area contributed by atoms with Crippen LogP contribution < -0.4 is 4.90 Å². The van der Waals surface area contributed by atoms with E-state index >= 15 is 0 Å². The van der Waals surface area contributed by atoms with E-state index in [1.807, 2.05) is 0 Å².